The number of hydrogen-bond acceptors (Lipinski definition) is 6. The van der Waals surface area contributed by atoms with Crippen LogP contribution in [0.4, 0.5) is 4.79 Å². The molecule has 126 valence electrons. The number of nitrogens with zero attached hydrogens (tertiary/aromatic N) is 4. The lowest BCUT2D eigenvalue weighted by Gasteiger charge is -2.12. The number of rotatable bonds is 5. The van der Waals surface area contributed by atoms with E-state index >= 15 is 0 Å². The van der Waals surface area contributed by atoms with Gasteiger partial charge in [0, 0.05) is 31.0 Å². The molecule has 1 saturated carbocycles. The minimum Gasteiger partial charge on any atom is -0.341 e. The van der Waals surface area contributed by atoms with Crippen LogP contribution in [-0.2, 0) is 4.79 Å². The third kappa shape index (κ3) is 3.56. The molecule has 1 fully saturated rings. The Bertz CT molecular complexity index is 744. The maximum Gasteiger partial charge on any atom is 0.321 e. The zero-order chi connectivity index (χ0) is 17.1. The predicted molar refractivity (Wildman–Crippen MR) is 89.4 cm³/mol. The fourth-order valence-electron chi connectivity index (χ4n) is 2.20. The highest BCUT2D eigenvalue weighted by atomic mass is 32.2. The molecule has 0 aromatic carbocycles. The monoisotopic (exact) mass is 346 g/mol. The zero-order valence-electron chi connectivity index (χ0n) is 13.4. The Morgan fingerprint density at radius 1 is 1.38 bits per heavy atom. The van der Waals surface area contributed by atoms with Gasteiger partial charge in [-0.05, 0) is 31.9 Å². The van der Waals surface area contributed by atoms with Crippen molar-refractivity contribution >= 4 is 23.7 Å². The van der Waals surface area contributed by atoms with Crippen LogP contribution < -0.4 is 10.6 Å². The summed E-state index contributed by atoms with van der Waals surface area (Å²) in [6.07, 6.45) is 5.59. The summed E-state index contributed by atoms with van der Waals surface area (Å²) in [5, 5.41) is 13.4. The number of urea groups is 1. The van der Waals surface area contributed by atoms with Gasteiger partial charge in [0.05, 0.1) is 5.25 Å². The quantitative estimate of drug-likeness (QED) is 0.798. The van der Waals surface area contributed by atoms with Gasteiger partial charge in [-0.3, -0.25) is 19.7 Å². The third-order valence-corrected chi connectivity index (χ3v) is 4.67. The van der Waals surface area contributed by atoms with Crippen molar-refractivity contribution < 1.29 is 9.59 Å². The summed E-state index contributed by atoms with van der Waals surface area (Å²) in [4.78, 5) is 27.4. The van der Waals surface area contributed by atoms with E-state index in [4.69, 9.17) is 0 Å². The highest BCUT2D eigenvalue weighted by Gasteiger charge is 2.31. The van der Waals surface area contributed by atoms with Crippen LogP contribution in [0.5, 0.6) is 0 Å². The molecular weight excluding hydrogens is 328 g/mol. The van der Waals surface area contributed by atoms with Gasteiger partial charge in [-0.25, -0.2) is 4.79 Å². The van der Waals surface area contributed by atoms with E-state index in [0.29, 0.717) is 11.2 Å². The van der Waals surface area contributed by atoms with Crippen molar-refractivity contribution in [2.75, 3.05) is 7.05 Å². The summed E-state index contributed by atoms with van der Waals surface area (Å²) in [6.45, 7) is 1.73. The number of nitrogens with one attached hydrogen (secondary N) is 2. The number of carbonyl (C=O) groups is 2. The van der Waals surface area contributed by atoms with E-state index in [-0.39, 0.29) is 5.91 Å². The Morgan fingerprint density at radius 2 is 2.17 bits per heavy atom. The van der Waals surface area contributed by atoms with Gasteiger partial charge in [-0.1, -0.05) is 11.8 Å². The summed E-state index contributed by atoms with van der Waals surface area (Å²) in [6, 6.07) is 3.62. The number of amides is 3. The molecule has 0 unspecified atom stereocenters. The van der Waals surface area contributed by atoms with Crippen molar-refractivity contribution in [3.63, 3.8) is 0 Å². The van der Waals surface area contributed by atoms with Gasteiger partial charge < -0.3 is 5.32 Å². The molecule has 0 bridgehead atoms. The summed E-state index contributed by atoms with van der Waals surface area (Å²) in [5.74, 6) is 0.389. The Kier molecular flexibility index (Phi) is 4.79. The largest absolute Gasteiger partial charge is 0.341 e. The molecule has 1 aliphatic rings. The van der Waals surface area contributed by atoms with Crippen molar-refractivity contribution in [3.8, 4) is 11.4 Å². The number of hydrogen-bond donors (Lipinski definition) is 2. The lowest BCUT2D eigenvalue weighted by Crippen LogP contribution is -2.41. The van der Waals surface area contributed by atoms with E-state index in [1.54, 1.807) is 19.3 Å². The Hall–Kier alpha value is -2.42. The summed E-state index contributed by atoms with van der Waals surface area (Å²) in [7, 11) is 1.46. The molecule has 1 aliphatic carbocycles. The molecule has 2 heterocycles. The van der Waals surface area contributed by atoms with Crippen molar-refractivity contribution in [1.29, 1.82) is 0 Å². The second kappa shape index (κ2) is 7.00. The van der Waals surface area contributed by atoms with Crippen molar-refractivity contribution in [1.82, 2.24) is 30.4 Å². The smallest absolute Gasteiger partial charge is 0.321 e. The van der Waals surface area contributed by atoms with Crippen LogP contribution in [0.2, 0.25) is 0 Å². The molecule has 3 rings (SSSR count). The van der Waals surface area contributed by atoms with Gasteiger partial charge in [0.1, 0.15) is 0 Å². The van der Waals surface area contributed by atoms with Crippen molar-refractivity contribution in [3.05, 3.63) is 24.5 Å². The first kappa shape index (κ1) is 16.4. The van der Waals surface area contributed by atoms with E-state index in [9.17, 15) is 9.59 Å². The van der Waals surface area contributed by atoms with Crippen LogP contribution in [0.1, 0.15) is 25.8 Å². The summed E-state index contributed by atoms with van der Waals surface area (Å²) < 4.78 is 2.06. The lowest BCUT2D eigenvalue weighted by molar-refractivity contribution is -0.119. The third-order valence-electron chi connectivity index (χ3n) is 3.61. The number of pyridine rings is 1. The molecular formula is C15H18N6O2S. The lowest BCUT2D eigenvalue weighted by atomic mass is 10.3. The number of aromatic nitrogens is 4. The summed E-state index contributed by atoms with van der Waals surface area (Å²) >= 11 is 1.29. The van der Waals surface area contributed by atoms with E-state index in [2.05, 4.69) is 30.4 Å². The van der Waals surface area contributed by atoms with Gasteiger partial charge >= 0.3 is 6.03 Å². The minimum absolute atomic E-state index is 0.354. The SMILES string of the molecule is CNC(=O)NC(=O)[C@@H](C)Sc1nnc(-c2cccnc2)n1C1CC1. The molecule has 0 aliphatic heterocycles. The Labute approximate surface area is 143 Å². The Morgan fingerprint density at radius 3 is 2.79 bits per heavy atom. The van der Waals surface area contributed by atoms with Gasteiger partial charge in [0.25, 0.3) is 0 Å². The van der Waals surface area contributed by atoms with E-state index < -0.39 is 11.3 Å². The number of thioether (sulfide) groups is 1. The number of imide groups is 1. The second-order valence-corrected chi connectivity index (χ2v) is 6.79. The summed E-state index contributed by atoms with van der Waals surface area (Å²) in [5.41, 5.74) is 0.895. The van der Waals surface area contributed by atoms with Crippen molar-refractivity contribution in [2.24, 2.45) is 0 Å². The first-order valence-corrected chi connectivity index (χ1v) is 8.52. The predicted octanol–water partition coefficient (Wildman–Crippen LogP) is 1.61. The van der Waals surface area contributed by atoms with Crippen LogP contribution in [0.25, 0.3) is 11.4 Å². The highest BCUT2D eigenvalue weighted by Crippen LogP contribution is 2.41. The topological polar surface area (TPSA) is 102 Å². The van der Waals surface area contributed by atoms with Gasteiger partial charge in [-0.2, -0.15) is 0 Å². The fraction of sp³-hybridized carbons (Fsp3) is 0.400. The van der Waals surface area contributed by atoms with Gasteiger partial charge in [0.15, 0.2) is 11.0 Å². The first-order chi connectivity index (χ1) is 11.6. The molecule has 2 N–H and O–H groups in total. The second-order valence-electron chi connectivity index (χ2n) is 5.48. The number of carbonyl (C=O) groups excluding carboxylic acids is 2. The molecule has 2 aromatic heterocycles. The average Bonchev–Trinajstić information content (AvgIpc) is 3.35. The van der Waals surface area contributed by atoms with Crippen LogP contribution in [-0.4, -0.2) is 44.0 Å². The molecule has 8 nitrogen and oxygen atoms in total. The maximum absolute atomic E-state index is 12.0. The standard InChI is InChI=1S/C15H18N6O2S/c1-9(13(22)18-14(23)16-2)24-15-20-19-12(21(15)11-5-6-11)10-4-3-7-17-8-10/h3-4,7-9,11H,5-6H2,1-2H3,(H2,16,18,22,23)/t9-/m1/s1. The first-order valence-electron chi connectivity index (χ1n) is 7.64. The van der Waals surface area contributed by atoms with Crippen LogP contribution in [0, 0.1) is 0 Å². The molecule has 3 amide bonds. The molecule has 1 atom stereocenters. The normalized spacial score (nSPS) is 14.9. The fourth-order valence-corrected chi connectivity index (χ4v) is 3.12. The molecule has 0 saturated heterocycles. The minimum atomic E-state index is -0.521. The molecule has 0 radical (unpaired) electrons. The van der Waals surface area contributed by atoms with Crippen LogP contribution >= 0.6 is 11.8 Å². The molecule has 2 aromatic rings. The molecule has 0 spiro atoms. The molecule has 9 heteroatoms. The van der Waals surface area contributed by atoms with E-state index in [1.165, 1.54) is 18.8 Å². The Balaban J connectivity index is 1.80. The average molecular weight is 346 g/mol. The van der Waals surface area contributed by atoms with Crippen molar-refractivity contribution in [2.45, 2.75) is 36.2 Å². The van der Waals surface area contributed by atoms with Gasteiger partial charge in [-0.15, -0.1) is 10.2 Å². The van der Waals surface area contributed by atoms with Crippen LogP contribution in [0.15, 0.2) is 29.7 Å². The van der Waals surface area contributed by atoms with Gasteiger partial charge in [0.2, 0.25) is 5.91 Å². The maximum atomic E-state index is 12.0. The highest BCUT2D eigenvalue weighted by molar-refractivity contribution is 8.00. The van der Waals surface area contributed by atoms with Crippen LogP contribution in [0.3, 0.4) is 0 Å². The zero-order valence-corrected chi connectivity index (χ0v) is 14.2. The molecule has 24 heavy (non-hydrogen) atoms. The van der Waals surface area contributed by atoms with E-state index in [0.717, 1.165) is 24.2 Å². The van der Waals surface area contributed by atoms with E-state index in [1.807, 2.05) is 12.1 Å².